The lowest BCUT2D eigenvalue weighted by Crippen LogP contribution is -2.39. The minimum atomic E-state index is -3.94. The molecule has 0 saturated carbocycles. The zero-order valence-electron chi connectivity index (χ0n) is 19.2. The first-order valence-corrected chi connectivity index (χ1v) is 12.2. The third-order valence-electron chi connectivity index (χ3n) is 5.18. The number of carbonyl (C=O) groups is 1. The van der Waals surface area contributed by atoms with Crippen molar-refractivity contribution in [3.8, 4) is 0 Å². The summed E-state index contributed by atoms with van der Waals surface area (Å²) >= 11 is 0. The minimum Gasteiger partial charge on any atom is -0.271 e. The van der Waals surface area contributed by atoms with Crippen LogP contribution in [-0.2, 0) is 21.2 Å². The lowest BCUT2D eigenvalue weighted by molar-refractivity contribution is -0.119. The standard InChI is InChI=1S/C26H29N3O3S/c1-20-12-16-25(17-13-20)33(31,32)29(24-11-7-8-21(2)18-24)19-26(30)28-27-22(3)14-15-23-9-5-4-6-10-23/h4-13,16-18H,14-15,19H2,1-3H3,(H,28,30)/b27-22-. The monoisotopic (exact) mass is 463 g/mol. The van der Waals surface area contributed by atoms with Crippen LogP contribution >= 0.6 is 0 Å². The third-order valence-corrected chi connectivity index (χ3v) is 6.96. The number of hydrogen-bond acceptors (Lipinski definition) is 4. The fourth-order valence-electron chi connectivity index (χ4n) is 3.29. The Labute approximate surface area is 196 Å². The van der Waals surface area contributed by atoms with E-state index >= 15 is 0 Å². The second-order valence-electron chi connectivity index (χ2n) is 8.03. The van der Waals surface area contributed by atoms with Gasteiger partial charge in [0.25, 0.3) is 15.9 Å². The lowest BCUT2D eigenvalue weighted by atomic mass is 10.1. The predicted molar refractivity (Wildman–Crippen MR) is 133 cm³/mol. The first-order valence-electron chi connectivity index (χ1n) is 10.8. The van der Waals surface area contributed by atoms with Crippen molar-refractivity contribution in [3.63, 3.8) is 0 Å². The van der Waals surface area contributed by atoms with E-state index in [1.807, 2.05) is 57.2 Å². The van der Waals surface area contributed by atoms with E-state index in [1.165, 1.54) is 5.56 Å². The highest BCUT2D eigenvalue weighted by atomic mass is 32.2. The number of amides is 1. The van der Waals surface area contributed by atoms with Crippen LogP contribution in [0.25, 0.3) is 0 Å². The van der Waals surface area contributed by atoms with Gasteiger partial charge in [0.1, 0.15) is 6.54 Å². The van der Waals surface area contributed by atoms with Crippen molar-refractivity contribution < 1.29 is 13.2 Å². The van der Waals surface area contributed by atoms with Gasteiger partial charge < -0.3 is 0 Å². The van der Waals surface area contributed by atoms with Gasteiger partial charge in [0, 0.05) is 5.71 Å². The molecule has 0 aromatic heterocycles. The first-order chi connectivity index (χ1) is 15.8. The summed E-state index contributed by atoms with van der Waals surface area (Å²) in [5.74, 6) is -0.508. The van der Waals surface area contributed by atoms with Gasteiger partial charge in [-0.05, 0) is 69.0 Å². The Morgan fingerprint density at radius 2 is 1.61 bits per heavy atom. The molecule has 172 valence electrons. The summed E-state index contributed by atoms with van der Waals surface area (Å²) in [4.78, 5) is 12.8. The van der Waals surface area contributed by atoms with Crippen molar-refractivity contribution in [2.75, 3.05) is 10.8 Å². The molecule has 0 spiro atoms. The molecule has 33 heavy (non-hydrogen) atoms. The van der Waals surface area contributed by atoms with Gasteiger partial charge in [-0.1, -0.05) is 60.2 Å². The van der Waals surface area contributed by atoms with E-state index < -0.39 is 15.9 Å². The van der Waals surface area contributed by atoms with E-state index in [0.717, 1.165) is 27.6 Å². The van der Waals surface area contributed by atoms with E-state index in [0.29, 0.717) is 12.1 Å². The molecule has 0 aliphatic carbocycles. The molecule has 3 rings (SSSR count). The van der Waals surface area contributed by atoms with Crippen LogP contribution in [0, 0.1) is 13.8 Å². The van der Waals surface area contributed by atoms with Crippen LogP contribution in [0.1, 0.15) is 30.0 Å². The molecule has 6 nitrogen and oxygen atoms in total. The van der Waals surface area contributed by atoms with Gasteiger partial charge in [0.2, 0.25) is 0 Å². The summed E-state index contributed by atoms with van der Waals surface area (Å²) in [5.41, 5.74) is 6.73. The molecule has 0 aliphatic heterocycles. The van der Waals surface area contributed by atoms with E-state index in [4.69, 9.17) is 0 Å². The second kappa shape index (κ2) is 10.9. The van der Waals surface area contributed by atoms with Crippen LogP contribution in [0.4, 0.5) is 5.69 Å². The van der Waals surface area contributed by atoms with Crippen LogP contribution in [0.2, 0.25) is 0 Å². The molecule has 0 bridgehead atoms. The molecule has 0 atom stereocenters. The smallest absolute Gasteiger partial charge is 0.264 e. The SMILES string of the molecule is C/C(CCc1ccccc1)=N/NC(=O)CN(c1cccc(C)c1)S(=O)(=O)c1ccc(C)cc1. The van der Waals surface area contributed by atoms with Gasteiger partial charge in [-0.15, -0.1) is 0 Å². The summed E-state index contributed by atoms with van der Waals surface area (Å²) in [5, 5.41) is 4.17. The van der Waals surface area contributed by atoms with Gasteiger partial charge in [-0.2, -0.15) is 5.10 Å². The largest absolute Gasteiger partial charge is 0.271 e. The maximum atomic E-state index is 13.4. The van der Waals surface area contributed by atoms with E-state index in [2.05, 4.69) is 10.5 Å². The minimum absolute atomic E-state index is 0.130. The van der Waals surface area contributed by atoms with E-state index in [9.17, 15) is 13.2 Å². The van der Waals surface area contributed by atoms with E-state index in [1.54, 1.807) is 42.5 Å². The van der Waals surface area contributed by atoms with Crippen molar-refractivity contribution >= 4 is 27.3 Å². The van der Waals surface area contributed by atoms with Crippen LogP contribution < -0.4 is 9.73 Å². The molecule has 1 amide bonds. The Kier molecular flexibility index (Phi) is 8.01. The quantitative estimate of drug-likeness (QED) is 0.371. The van der Waals surface area contributed by atoms with Gasteiger partial charge in [0.05, 0.1) is 10.6 Å². The van der Waals surface area contributed by atoms with Crippen LogP contribution in [0.15, 0.2) is 88.9 Å². The number of sulfonamides is 1. The average Bonchev–Trinajstić information content (AvgIpc) is 2.80. The first kappa shape index (κ1) is 24.2. The summed E-state index contributed by atoms with van der Waals surface area (Å²) in [6.45, 7) is 5.22. The van der Waals surface area contributed by atoms with Crippen LogP contribution in [-0.4, -0.2) is 26.6 Å². The topological polar surface area (TPSA) is 78.8 Å². The molecule has 0 fully saturated rings. The summed E-state index contributed by atoms with van der Waals surface area (Å²) in [7, 11) is -3.94. The number of nitrogens with one attached hydrogen (secondary N) is 1. The average molecular weight is 464 g/mol. The maximum absolute atomic E-state index is 13.4. The molecule has 0 aliphatic rings. The van der Waals surface area contributed by atoms with Gasteiger partial charge in [-0.3, -0.25) is 9.10 Å². The molecular formula is C26H29N3O3S. The van der Waals surface area contributed by atoms with Crippen molar-refractivity contribution in [3.05, 3.63) is 95.6 Å². The fourth-order valence-corrected chi connectivity index (χ4v) is 4.70. The molecule has 7 heteroatoms. The second-order valence-corrected chi connectivity index (χ2v) is 9.89. The molecule has 0 radical (unpaired) electrons. The van der Waals surface area contributed by atoms with Gasteiger partial charge in [-0.25, -0.2) is 13.8 Å². The zero-order valence-corrected chi connectivity index (χ0v) is 20.0. The normalized spacial score (nSPS) is 11.8. The Balaban J connectivity index is 1.75. The van der Waals surface area contributed by atoms with Crippen molar-refractivity contribution in [2.45, 2.75) is 38.5 Å². The molecule has 3 aromatic carbocycles. The van der Waals surface area contributed by atoms with Crippen LogP contribution in [0.3, 0.4) is 0 Å². The molecule has 1 N–H and O–H groups in total. The number of aryl methyl sites for hydroxylation is 3. The van der Waals surface area contributed by atoms with Crippen molar-refractivity contribution in [1.29, 1.82) is 0 Å². The number of hydrazone groups is 1. The van der Waals surface area contributed by atoms with E-state index in [-0.39, 0.29) is 11.4 Å². The number of anilines is 1. The number of hydrogen-bond donors (Lipinski definition) is 1. The Morgan fingerprint density at radius 3 is 2.27 bits per heavy atom. The number of nitrogens with zero attached hydrogens (tertiary/aromatic N) is 2. The highest BCUT2D eigenvalue weighted by Crippen LogP contribution is 2.24. The highest BCUT2D eigenvalue weighted by Gasteiger charge is 2.27. The molecule has 3 aromatic rings. The molecule has 0 saturated heterocycles. The highest BCUT2D eigenvalue weighted by molar-refractivity contribution is 7.92. The van der Waals surface area contributed by atoms with Crippen molar-refractivity contribution in [1.82, 2.24) is 5.43 Å². The predicted octanol–water partition coefficient (Wildman–Crippen LogP) is 4.62. The maximum Gasteiger partial charge on any atom is 0.264 e. The summed E-state index contributed by atoms with van der Waals surface area (Å²) in [6, 6.07) is 23.7. The third kappa shape index (κ3) is 6.76. The fraction of sp³-hybridized carbons (Fsp3) is 0.231. The van der Waals surface area contributed by atoms with Crippen molar-refractivity contribution in [2.24, 2.45) is 5.10 Å². The summed E-state index contributed by atoms with van der Waals surface area (Å²) < 4.78 is 27.9. The molecule has 0 heterocycles. The molecule has 0 unspecified atom stereocenters. The Bertz CT molecular complexity index is 1220. The molecular weight excluding hydrogens is 434 g/mol. The van der Waals surface area contributed by atoms with Gasteiger partial charge >= 0.3 is 0 Å². The summed E-state index contributed by atoms with van der Waals surface area (Å²) in [6.07, 6.45) is 1.50. The number of carbonyl (C=O) groups excluding carboxylic acids is 1. The Hall–Kier alpha value is -3.45. The Morgan fingerprint density at radius 1 is 0.909 bits per heavy atom. The number of benzene rings is 3. The number of rotatable bonds is 9. The van der Waals surface area contributed by atoms with Gasteiger partial charge in [0.15, 0.2) is 0 Å². The lowest BCUT2D eigenvalue weighted by Gasteiger charge is -2.24. The van der Waals surface area contributed by atoms with Crippen LogP contribution in [0.5, 0.6) is 0 Å². The zero-order chi connectivity index (χ0) is 23.8.